The topological polar surface area (TPSA) is 78.3 Å². The summed E-state index contributed by atoms with van der Waals surface area (Å²) in [5, 5.41) is 18.3. The fourth-order valence-corrected chi connectivity index (χ4v) is 1.97. The number of hydrogen-bond donors (Lipinski definition) is 2. The van der Waals surface area contributed by atoms with Gasteiger partial charge in [0.25, 0.3) is 0 Å². The number of benzene rings is 1. The Labute approximate surface area is 126 Å². The van der Waals surface area contributed by atoms with Gasteiger partial charge in [0.05, 0.1) is 11.4 Å². The summed E-state index contributed by atoms with van der Waals surface area (Å²) in [5.74, 6) is 0.207. The number of rotatable bonds is 4. The van der Waals surface area contributed by atoms with Crippen LogP contribution in [0.4, 0.5) is 21.6 Å². The van der Waals surface area contributed by atoms with Crippen LogP contribution in [0.5, 0.6) is 0 Å². The van der Waals surface area contributed by atoms with Gasteiger partial charge in [0.2, 0.25) is 0 Å². The van der Waals surface area contributed by atoms with Crippen molar-refractivity contribution < 1.29 is 4.39 Å². The van der Waals surface area contributed by atoms with Crippen LogP contribution >= 0.6 is 0 Å². The van der Waals surface area contributed by atoms with E-state index >= 15 is 0 Å². The Hall–Kier alpha value is -3.09. The molecule has 0 aliphatic heterocycles. The molecule has 110 valence electrons. The van der Waals surface area contributed by atoms with Crippen molar-refractivity contribution in [3.63, 3.8) is 0 Å². The Bertz CT molecular complexity index is 797. The molecule has 0 saturated heterocycles. The minimum atomic E-state index is -0.355. The van der Waals surface area contributed by atoms with Gasteiger partial charge in [-0.3, -0.25) is 10.1 Å². The maximum Gasteiger partial charge on any atom is 0.176 e. The molecule has 22 heavy (non-hydrogen) atoms. The zero-order chi connectivity index (χ0) is 15.4. The number of nitrogens with one attached hydrogen (secondary N) is 2. The summed E-state index contributed by atoms with van der Waals surface area (Å²) < 4.78 is 13.2. The molecule has 2 aromatic heterocycles. The molecule has 0 saturated carbocycles. The number of azo groups is 1. The third kappa shape index (κ3) is 2.83. The number of nitrogens with zero attached hydrogens (tertiary/aromatic N) is 4. The van der Waals surface area contributed by atoms with E-state index in [2.05, 4.69) is 30.7 Å². The SMILES string of the molecule is CNc1n[nH]c(-c2ccncc2)c1N=Nc1cccc(F)c1. The molecule has 0 aliphatic rings. The van der Waals surface area contributed by atoms with E-state index in [1.165, 1.54) is 12.1 Å². The van der Waals surface area contributed by atoms with Crippen molar-refractivity contribution in [3.05, 3.63) is 54.6 Å². The van der Waals surface area contributed by atoms with Gasteiger partial charge in [-0.25, -0.2) is 4.39 Å². The van der Waals surface area contributed by atoms with E-state index in [4.69, 9.17) is 0 Å². The molecule has 0 bridgehead atoms. The molecule has 0 aliphatic carbocycles. The van der Waals surface area contributed by atoms with Gasteiger partial charge in [-0.05, 0) is 24.3 Å². The minimum Gasteiger partial charge on any atom is -0.370 e. The van der Waals surface area contributed by atoms with E-state index in [-0.39, 0.29) is 5.82 Å². The molecule has 6 nitrogen and oxygen atoms in total. The van der Waals surface area contributed by atoms with Crippen molar-refractivity contribution in [3.8, 4) is 11.3 Å². The number of H-pyrrole nitrogens is 1. The molecular formula is C15H13FN6. The first-order valence-electron chi connectivity index (χ1n) is 6.62. The summed E-state index contributed by atoms with van der Waals surface area (Å²) in [6, 6.07) is 9.62. The summed E-state index contributed by atoms with van der Waals surface area (Å²) >= 11 is 0. The summed E-state index contributed by atoms with van der Waals surface area (Å²) in [5.41, 5.74) is 2.59. The largest absolute Gasteiger partial charge is 0.370 e. The molecule has 7 heteroatoms. The molecular weight excluding hydrogens is 283 g/mol. The van der Waals surface area contributed by atoms with E-state index in [9.17, 15) is 4.39 Å². The second kappa shape index (κ2) is 6.13. The third-order valence-electron chi connectivity index (χ3n) is 3.02. The first-order chi connectivity index (χ1) is 10.8. The Balaban J connectivity index is 2.01. The molecule has 3 aromatic rings. The van der Waals surface area contributed by atoms with Crippen LogP contribution in [0.2, 0.25) is 0 Å². The van der Waals surface area contributed by atoms with Crippen molar-refractivity contribution in [2.24, 2.45) is 10.2 Å². The summed E-state index contributed by atoms with van der Waals surface area (Å²) in [6.45, 7) is 0. The van der Waals surface area contributed by atoms with Crippen molar-refractivity contribution in [2.75, 3.05) is 12.4 Å². The van der Waals surface area contributed by atoms with E-state index in [0.29, 0.717) is 22.9 Å². The molecule has 0 amide bonds. The zero-order valence-electron chi connectivity index (χ0n) is 11.8. The summed E-state index contributed by atoms with van der Waals surface area (Å²) in [7, 11) is 1.74. The number of hydrogen-bond acceptors (Lipinski definition) is 5. The predicted octanol–water partition coefficient (Wildman–Crippen LogP) is 4.07. The summed E-state index contributed by atoms with van der Waals surface area (Å²) in [4.78, 5) is 3.99. The average molecular weight is 296 g/mol. The molecule has 0 fully saturated rings. The monoisotopic (exact) mass is 296 g/mol. The Morgan fingerprint density at radius 3 is 2.68 bits per heavy atom. The Morgan fingerprint density at radius 2 is 1.95 bits per heavy atom. The molecule has 0 radical (unpaired) electrons. The van der Waals surface area contributed by atoms with Gasteiger partial charge < -0.3 is 5.32 Å². The average Bonchev–Trinajstić information content (AvgIpc) is 2.97. The highest BCUT2D eigenvalue weighted by atomic mass is 19.1. The Kier molecular flexibility index (Phi) is 3.86. The van der Waals surface area contributed by atoms with Gasteiger partial charge in [-0.2, -0.15) is 10.2 Å². The van der Waals surface area contributed by atoms with Gasteiger partial charge in [0.1, 0.15) is 5.82 Å². The van der Waals surface area contributed by atoms with Crippen molar-refractivity contribution in [1.29, 1.82) is 0 Å². The van der Waals surface area contributed by atoms with E-state index in [1.54, 1.807) is 31.6 Å². The molecule has 0 atom stereocenters. The number of aromatic nitrogens is 3. The lowest BCUT2D eigenvalue weighted by Crippen LogP contribution is -1.87. The lowest BCUT2D eigenvalue weighted by molar-refractivity contribution is 0.628. The summed E-state index contributed by atoms with van der Waals surface area (Å²) in [6.07, 6.45) is 3.37. The number of anilines is 1. The standard InChI is InChI=1S/C15H13FN6/c1-17-15-14(21-19-12-4-2-3-11(16)9-12)13(20-22-15)10-5-7-18-8-6-10/h2-9H,1H3,(H2,17,20,22). The van der Waals surface area contributed by atoms with Gasteiger partial charge >= 0.3 is 0 Å². The highest BCUT2D eigenvalue weighted by Crippen LogP contribution is 2.35. The smallest absolute Gasteiger partial charge is 0.176 e. The zero-order valence-corrected chi connectivity index (χ0v) is 11.8. The van der Waals surface area contributed by atoms with Crippen molar-refractivity contribution >= 4 is 17.2 Å². The third-order valence-corrected chi connectivity index (χ3v) is 3.02. The van der Waals surface area contributed by atoms with Crippen LogP contribution in [0.3, 0.4) is 0 Å². The first-order valence-corrected chi connectivity index (χ1v) is 6.62. The predicted molar refractivity (Wildman–Crippen MR) is 81.9 cm³/mol. The van der Waals surface area contributed by atoms with Crippen LogP contribution in [-0.2, 0) is 0 Å². The fourth-order valence-electron chi connectivity index (χ4n) is 1.97. The molecule has 2 heterocycles. The molecule has 3 rings (SSSR count). The lowest BCUT2D eigenvalue weighted by Gasteiger charge is -2.00. The van der Waals surface area contributed by atoms with E-state index in [0.717, 1.165) is 5.56 Å². The number of halogens is 1. The van der Waals surface area contributed by atoms with Gasteiger partial charge in [-0.1, -0.05) is 6.07 Å². The van der Waals surface area contributed by atoms with Crippen LogP contribution in [-0.4, -0.2) is 22.2 Å². The van der Waals surface area contributed by atoms with Gasteiger partial charge in [0.15, 0.2) is 11.5 Å². The molecule has 1 aromatic carbocycles. The second-order valence-electron chi connectivity index (χ2n) is 4.46. The lowest BCUT2D eigenvalue weighted by atomic mass is 10.2. The van der Waals surface area contributed by atoms with Crippen molar-refractivity contribution in [1.82, 2.24) is 15.2 Å². The van der Waals surface area contributed by atoms with Crippen LogP contribution in [0.1, 0.15) is 0 Å². The van der Waals surface area contributed by atoms with Gasteiger partial charge in [-0.15, -0.1) is 5.11 Å². The molecule has 0 spiro atoms. The Morgan fingerprint density at radius 1 is 1.14 bits per heavy atom. The highest BCUT2D eigenvalue weighted by molar-refractivity contribution is 5.80. The quantitative estimate of drug-likeness (QED) is 0.712. The fraction of sp³-hybridized carbons (Fsp3) is 0.0667. The number of pyridine rings is 1. The van der Waals surface area contributed by atoms with E-state index < -0.39 is 0 Å². The maximum absolute atomic E-state index is 13.2. The van der Waals surface area contributed by atoms with E-state index in [1.807, 2.05) is 12.1 Å². The van der Waals surface area contributed by atoms with Gasteiger partial charge in [0, 0.05) is 31.1 Å². The second-order valence-corrected chi connectivity index (χ2v) is 4.46. The minimum absolute atomic E-state index is 0.355. The maximum atomic E-state index is 13.2. The highest BCUT2D eigenvalue weighted by Gasteiger charge is 2.13. The normalized spacial score (nSPS) is 11.0. The van der Waals surface area contributed by atoms with Crippen LogP contribution < -0.4 is 5.32 Å². The molecule has 2 N–H and O–H groups in total. The van der Waals surface area contributed by atoms with Crippen LogP contribution in [0.15, 0.2) is 59.0 Å². The van der Waals surface area contributed by atoms with Crippen LogP contribution in [0, 0.1) is 5.82 Å². The van der Waals surface area contributed by atoms with Crippen LogP contribution in [0.25, 0.3) is 11.3 Å². The number of aromatic amines is 1. The first kappa shape index (κ1) is 13.9. The van der Waals surface area contributed by atoms with Crippen molar-refractivity contribution in [2.45, 2.75) is 0 Å². The molecule has 0 unspecified atom stereocenters.